The molecular formula is C15H18N4O. The van der Waals surface area contributed by atoms with Gasteiger partial charge >= 0.3 is 0 Å². The Morgan fingerprint density at radius 1 is 1.20 bits per heavy atom. The molecule has 104 valence electrons. The topological polar surface area (TPSA) is 72.9 Å². The Morgan fingerprint density at radius 3 is 2.60 bits per heavy atom. The molecule has 1 aromatic heterocycles. The normalized spacial score (nSPS) is 15.4. The zero-order chi connectivity index (χ0) is 13.9. The quantitative estimate of drug-likeness (QED) is 0.842. The second-order valence-electron chi connectivity index (χ2n) is 5.19. The zero-order valence-corrected chi connectivity index (χ0v) is 11.2. The minimum Gasteiger partial charge on any atom is -0.399 e. The Kier molecular flexibility index (Phi) is 3.41. The fourth-order valence-electron chi connectivity index (χ4n) is 2.64. The lowest BCUT2D eigenvalue weighted by Crippen LogP contribution is -2.22. The van der Waals surface area contributed by atoms with Crippen LogP contribution in [0.25, 0.3) is 5.69 Å². The van der Waals surface area contributed by atoms with Gasteiger partial charge in [0.15, 0.2) is 0 Å². The summed E-state index contributed by atoms with van der Waals surface area (Å²) < 4.78 is 1.71. The van der Waals surface area contributed by atoms with Gasteiger partial charge < -0.3 is 11.1 Å². The van der Waals surface area contributed by atoms with Crippen LogP contribution in [0.2, 0.25) is 0 Å². The maximum atomic E-state index is 12.2. The summed E-state index contributed by atoms with van der Waals surface area (Å²) in [7, 11) is 0. The van der Waals surface area contributed by atoms with Crippen LogP contribution in [0.1, 0.15) is 25.7 Å². The van der Waals surface area contributed by atoms with E-state index in [9.17, 15) is 4.79 Å². The lowest BCUT2D eigenvalue weighted by Gasteiger charge is -2.12. The molecule has 0 bridgehead atoms. The van der Waals surface area contributed by atoms with Crippen molar-refractivity contribution in [2.45, 2.75) is 25.7 Å². The smallest absolute Gasteiger partial charge is 0.228 e. The van der Waals surface area contributed by atoms with E-state index >= 15 is 0 Å². The Morgan fingerprint density at radius 2 is 1.90 bits per heavy atom. The van der Waals surface area contributed by atoms with Crippen LogP contribution in [-0.2, 0) is 4.79 Å². The molecule has 0 unspecified atom stereocenters. The summed E-state index contributed by atoms with van der Waals surface area (Å²) >= 11 is 0. The molecule has 1 saturated carbocycles. The Labute approximate surface area is 117 Å². The number of carbonyl (C=O) groups is 1. The number of nitrogen functional groups attached to an aromatic ring is 1. The average molecular weight is 270 g/mol. The lowest BCUT2D eigenvalue weighted by molar-refractivity contribution is -0.119. The van der Waals surface area contributed by atoms with Crippen molar-refractivity contribution in [2.24, 2.45) is 5.92 Å². The van der Waals surface area contributed by atoms with Crippen molar-refractivity contribution in [3.8, 4) is 5.69 Å². The van der Waals surface area contributed by atoms with E-state index in [-0.39, 0.29) is 11.8 Å². The van der Waals surface area contributed by atoms with E-state index < -0.39 is 0 Å². The molecule has 2 aromatic rings. The number of rotatable bonds is 3. The van der Waals surface area contributed by atoms with Crippen molar-refractivity contribution >= 4 is 17.4 Å². The van der Waals surface area contributed by atoms with E-state index in [2.05, 4.69) is 10.4 Å². The molecule has 0 spiro atoms. The number of anilines is 2. The van der Waals surface area contributed by atoms with Gasteiger partial charge in [-0.05, 0) is 37.1 Å². The van der Waals surface area contributed by atoms with Gasteiger partial charge in [0.2, 0.25) is 5.91 Å². The Bertz CT molecular complexity index is 597. The van der Waals surface area contributed by atoms with Crippen molar-refractivity contribution < 1.29 is 4.79 Å². The number of benzene rings is 1. The van der Waals surface area contributed by atoms with Gasteiger partial charge in [-0.2, -0.15) is 5.10 Å². The van der Waals surface area contributed by atoms with Gasteiger partial charge in [0.05, 0.1) is 11.9 Å². The summed E-state index contributed by atoms with van der Waals surface area (Å²) in [6.45, 7) is 0. The molecule has 20 heavy (non-hydrogen) atoms. The maximum absolute atomic E-state index is 12.2. The minimum atomic E-state index is 0.0969. The molecule has 0 radical (unpaired) electrons. The van der Waals surface area contributed by atoms with Gasteiger partial charge in [-0.15, -0.1) is 0 Å². The molecule has 1 aromatic carbocycles. The first-order valence-electron chi connectivity index (χ1n) is 6.95. The van der Waals surface area contributed by atoms with Crippen molar-refractivity contribution in [3.63, 3.8) is 0 Å². The summed E-state index contributed by atoms with van der Waals surface area (Å²) in [5.41, 5.74) is 7.27. The Hall–Kier alpha value is -2.30. The first-order valence-corrected chi connectivity index (χ1v) is 6.95. The number of nitrogens with one attached hydrogen (secondary N) is 1. The van der Waals surface area contributed by atoms with Crippen LogP contribution in [0.5, 0.6) is 0 Å². The molecule has 3 rings (SSSR count). The molecule has 1 aliphatic carbocycles. The van der Waals surface area contributed by atoms with E-state index in [1.807, 2.05) is 30.3 Å². The fourth-order valence-corrected chi connectivity index (χ4v) is 2.64. The first kappa shape index (κ1) is 12.7. The summed E-state index contributed by atoms with van der Waals surface area (Å²) in [6.07, 6.45) is 5.95. The van der Waals surface area contributed by atoms with Gasteiger partial charge in [0, 0.05) is 17.7 Å². The predicted octanol–water partition coefficient (Wildman–Crippen LogP) is 2.58. The van der Waals surface area contributed by atoms with Crippen molar-refractivity contribution in [2.75, 3.05) is 11.1 Å². The summed E-state index contributed by atoms with van der Waals surface area (Å²) in [4.78, 5) is 12.2. The molecule has 3 N–H and O–H groups in total. The lowest BCUT2D eigenvalue weighted by atomic mass is 10.1. The number of carbonyl (C=O) groups excluding carboxylic acids is 1. The molecule has 1 amide bonds. The van der Waals surface area contributed by atoms with Gasteiger partial charge in [0.1, 0.15) is 5.82 Å². The highest BCUT2D eigenvalue weighted by Crippen LogP contribution is 2.26. The molecule has 0 aliphatic heterocycles. The third kappa shape index (κ3) is 2.52. The van der Waals surface area contributed by atoms with Crippen LogP contribution in [0.15, 0.2) is 36.5 Å². The van der Waals surface area contributed by atoms with E-state index in [4.69, 9.17) is 5.73 Å². The van der Waals surface area contributed by atoms with Gasteiger partial charge in [-0.25, -0.2) is 4.68 Å². The third-order valence-corrected chi connectivity index (χ3v) is 3.76. The number of aromatic nitrogens is 2. The number of amides is 1. The van der Waals surface area contributed by atoms with Gasteiger partial charge in [-0.1, -0.05) is 12.8 Å². The third-order valence-electron chi connectivity index (χ3n) is 3.76. The number of hydrogen-bond acceptors (Lipinski definition) is 3. The Balaban J connectivity index is 1.79. The van der Waals surface area contributed by atoms with E-state index in [1.165, 1.54) is 0 Å². The summed E-state index contributed by atoms with van der Waals surface area (Å²) in [5.74, 6) is 0.941. The van der Waals surface area contributed by atoms with Crippen molar-refractivity contribution in [1.29, 1.82) is 0 Å². The van der Waals surface area contributed by atoms with Crippen LogP contribution in [0.3, 0.4) is 0 Å². The molecular weight excluding hydrogens is 252 g/mol. The fraction of sp³-hybridized carbons (Fsp3) is 0.333. The standard InChI is InChI=1S/C15H18N4O/c16-12-5-7-13(8-6-12)19-14(9-10-17-19)18-15(20)11-3-1-2-4-11/h5-11H,1-4,16H2,(H,18,20). The first-order chi connectivity index (χ1) is 9.74. The molecule has 1 aliphatic rings. The highest BCUT2D eigenvalue weighted by molar-refractivity contribution is 5.92. The van der Waals surface area contributed by atoms with Crippen LogP contribution in [0.4, 0.5) is 11.5 Å². The molecule has 1 fully saturated rings. The summed E-state index contributed by atoms with van der Waals surface area (Å²) in [5, 5.41) is 7.23. The van der Waals surface area contributed by atoms with Crippen LogP contribution in [0, 0.1) is 5.92 Å². The van der Waals surface area contributed by atoms with Crippen LogP contribution in [-0.4, -0.2) is 15.7 Å². The zero-order valence-electron chi connectivity index (χ0n) is 11.2. The number of nitrogens with two attached hydrogens (primary N) is 1. The van der Waals surface area contributed by atoms with Crippen LogP contribution >= 0.6 is 0 Å². The second kappa shape index (κ2) is 5.36. The molecule has 0 atom stereocenters. The molecule has 5 heteroatoms. The largest absolute Gasteiger partial charge is 0.399 e. The summed E-state index contributed by atoms with van der Waals surface area (Å²) in [6, 6.07) is 9.21. The predicted molar refractivity (Wildman–Crippen MR) is 78.6 cm³/mol. The highest BCUT2D eigenvalue weighted by atomic mass is 16.2. The number of nitrogens with zero attached hydrogens (tertiary/aromatic N) is 2. The highest BCUT2D eigenvalue weighted by Gasteiger charge is 2.23. The molecule has 0 saturated heterocycles. The van der Waals surface area contributed by atoms with Crippen molar-refractivity contribution in [1.82, 2.24) is 9.78 Å². The van der Waals surface area contributed by atoms with E-state index in [0.29, 0.717) is 11.5 Å². The molecule has 1 heterocycles. The van der Waals surface area contributed by atoms with E-state index in [1.54, 1.807) is 10.9 Å². The minimum absolute atomic E-state index is 0.0969. The SMILES string of the molecule is Nc1ccc(-n2nccc2NC(=O)C2CCCC2)cc1. The van der Waals surface area contributed by atoms with Crippen molar-refractivity contribution in [3.05, 3.63) is 36.5 Å². The van der Waals surface area contributed by atoms with E-state index in [0.717, 1.165) is 31.4 Å². The average Bonchev–Trinajstić information content (AvgIpc) is 3.10. The van der Waals surface area contributed by atoms with Gasteiger partial charge in [0.25, 0.3) is 0 Å². The molecule has 5 nitrogen and oxygen atoms in total. The maximum Gasteiger partial charge on any atom is 0.228 e. The number of hydrogen-bond donors (Lipinski definition) is 2. The second-order valence-corrected chi connectivity index (χ2v) is 5.19. The van der Waals surface area contributed by atoms with Crippen LogP contribution < -0.4 is 11.1 Å². The van der Waals surface area contributed by atoms with Gasteiger partial charge in [-0.3, -0.25) is 4.79 Å². The monoisotopic (exact) mass is 270 g/mol.